The van der Waals surface area contributed by atoms with E-state index in [9.17, 15) is 13.6 Å². The first-order chi connectivity index (χ1) is 13.5. The van der Waals surface area contributed by atoms with Crippen LogP contribution in [0.25, 0.3) is 0 Å². The highest BCUT2D eigenvalue weighted by Gasteiger charge is 2.20. The lowest BCUT2D eigenvalue weighted by atomic mass is 10.1. The van der Waals surface area contributed by atoms with Crippen molar-refractivity contribution in [1.29, 1.82) is 0 Å². The van der Waals surface area contributed by atoms with Crippen LogP contribution in [0.5, 0.6) is 5.75 Å². The first kappa shape index (κ1) is 20.2. The lowest BCUT2D eigenvalue weighted by Gasteiger charge is -2.34. The molecule has 1 amide bonds. The van der Waals surface area contributed by atoms with Gasteiger partial charge in [-0.1, -0.05) is 36.4 Å². The maximum Gasteiger partial charge on any atom is 0.387 e. The Morgan fingerprint density at radius 1 is 1.04 bits per heavy atom. The highest BCUT2D eigenvalue weighted by molar-refractivity contribution is 5.93. The van der Waals surface area contributed by atoms with Crippen molar-refractivity contribution in [3.63, 3.8) is 0 Å². The number of nitrogens with zero attached hydrogens (tertiary/aromatic N) is 2. The van der Waals surface area contributed by atoms with E-state index in [1.54, 1.807) is 18.2 Å². The van der Waals surface area contributed by atoms with Gasteiger partial charge in [-0.25, -0.2) is 0 Å². The maximum absolute atomic E-state index is 12.5. The summed E-state index contributed by atoms with van der Waals surface area (Å²) in [5.41, 5.74) is 2.87. The van der Waals surface area contributed by atoms with Crippen molar-refractivity contribution >= 4 is 11.6 Å². The molecule has 1 aliphatic heterocycles. The zero-order valence-corrected chi connectivity index (χ0v) is 15.9. The summed E-state index contributed by atoms with van der Waals surface area (Å²) < 4.78 is 29.4. The van der Waals surface area contributed by atoms with E-state index in [1.165, 1.54) is 17.2 Å². The standard InChI is InChI=1S/C21H25F2N3O2/c1-16-6-2-3-7-17(16)14-25-10-12-26(13-11-25)15-20(27)24-18-8-4-5-9-19(18)28-21(22)23/h2-9,21H,10-15H2,1H3,(H,24,27). The SMILES string of the molecule is Cc1ccccc1CN1CCN(CC(=O)Nc2ccccc2OC(F)F)CC1. The van der Waals surface area contributed by atoms with Gasteiger partial charge in [0.15, 0.2) is 0 Å². The van der Waals surface area contributed by atoms with Crippen molar-refractivity contribution in [2.75, 3.05) is 38.0 Å². The third-order valence-electron chi connectivity index (χ3n) is 4.86. The summed E-state index contributed by atoms with van der Waals surface area (Å²) in [5, 5.41) is 2.67. The molecule has 5 nitrogen and oxygen atoms in total. The van der Waals surface area contributed by atoms with Crippen molar-refractivity contribution in [3.05, 3.63) is 59.7 Å². The van der Waals surface area contributed by atoms with Gasteiger partial charge in [0.2, 0.25) is 5.91 Å². The van der Waals surface area contributed by atoms with Gasteiger partial charge in [-0.15, -0.1) is 0 Å². The first-order valence-corrected chi connectivity index (χ1v) is 9.34. The summed E-state index contributed by atoms with van der Waals surface area (Å²) >= 11 is 0. The normalized spacial score (nSPS) is 15.6. The second-order valence-corrected chi connectivity index (χ2v) is 6.90. The Bertz CT molecular complexity index is 793. The van der Waals surface area contributed by atoms with Crippen LogP contribution in [0.15, 0.2) is 48.5 Å². The van der Waals surface area contributed by atoms with Crippen molar-refractivity contribution in [2.24, 2.45) is 0 Å². The second-order valence-electron chi connectivity index (χ2n) is 6.90. The molecule has 0 spiro atoms. The molecule has 2 aromatic carbocycles. The second kappa shape index (κ2) is 9.61. The van der Waals surface area contributed by atoms with Gasteiger partial charge < -0.3 is 10.1 Å². The van der Waals surface area contributed by atoms with Crippen LogP contribution < -0.4 is 10.1 Å². The molecule has 7 heteroatoms. The molecule has 0 radical (unpaired) electrons. The topological polar surface area (TPSA) is 44.8 Å². The molecule has 0 unspecified atom stereocenters. The Morgan fingerprint density at radius 2 is 1.68 bits per heavy atom. The minimum Gasteiger partial charge on any atom is -0.433 e. The van der Waals surface area contributed by atoms with E-state index >= 15 is 0 Å². The molecule has 1 fully saturated rings. The molecule has 1 N–H and O–H groups in total. The number of para-hydroxylation sites is 2. The van der Waals surface area contributed by atoms with Gasteiger partial charge in [-0.2, -0.15) is 8.78 Å². The number of halogens is 2. The zero-order chi connectivity index (χ0) is 19.9. The highest BCUT2D eigenvalue weighted by Crippen LogP contribution is 2.25. The van der Waals surface area contributed by atoms with Crippen LogP contribution in [-0.2, 0) is 11.3 Å². The number of aryl methyl sites for hydroxylation is 1. The lowest BCUT2D eigenvalue weighted by molar-refractivity contribution is -0.117. The van der Waals surface area contributed by atoms with Gasteiger partial charge in [0.25, 0.3) is 0 Å². The van der Waals surface area contributed by atoms with Crippen LogP contribution >= 0.6 is 0 Å². The number of benzene rings is 2. The van der Waals surface area contributed by atoms with Gasteiger partial charge in [0, 0.05) is 32.7 Å². The number of anilines is 1. The zero-order valence-electron chi connectivity index (χ0n) is 15.9. The van der Waals surface area contributed by atoms with Gasteiger partial charge in [0.1, 0.15) is 5.75 Å². The van der Waals surface area contributed by atoms with Crippen LogP contribution in [0.1, 0.15) is 11.1 Å². The molecule has 1 aliphatic rings. The molecule has 0 aliphatic carbocycles. The number of hydrogen-bond acceptors (Lipinski definition) is 4. The number of alkyl halides is 2. The molecule has 0 bridgehead atoms. The predicted molar refractivity (Wildman–Crippen MR) is 105 cm³/mol. The van der Waals surface area contributed by atoms with Crippen LogP contribution in [0.2, 0.25) is 0 Å². The van der Waals surface area contributed by atoms with Crippen molar-refractivity contribution in [1.82, 2.24) is 9.80 Å². The van der Waals surface area contributed by atoms with E-state index in [0.717, 1.165) is 32.7 Å². The van der Waals surface area contributed by atoms with Gasteiger partial charge in [0.05, 0.1) is 12.2 Å². The molecular formula is C21H25F2N3O2. The van der Waals surface area contributed by atoms with Crippen molar-refractivity contribution in [2.45, 2.75) is 20.1 Å². The van der Waals surface area contributed by atoms with Crippen LogP contribution in [0.4, 0.5) is 14.5 Å². The molecule has 1 saturated heterocycles. The van der Waals surface area contributed by atoms with E-state index in [2.05, 4.69) is 45.0 Å². The largest absolute Gasteiger partial charge is 0.433 e. The quantitative estimate of drug-likeness (QED) is 0.789. The van der Waals surface area contributed by atoms with Crippen molar-refractivity contribution < 1.29 is 18.3 Å². The molecular weight excluding hydrogens is 364 g/mol. The summed E-state index contributed by atoms with van der Waals surface area (Å²) in [7, 11) is 0. The summed E-state index contributed by atoms with van der Waals surface area (Å²) in [6, 6.07) is 14.6. The fourth-order valence-electron chi connectivity index (χ4n) is 3.30. The minimum absolute atomic E-state index is 0.0334. The molecule has 2 aromatic rings. The van der Waals surface area contributed by atoms with Gasteiger partial charge in [-0.05, 0) is 30.2 Å². The summed E-state index contributed by atoms with van der Waals surface area (Å²) in [4.78, 5) is 16.8. The molecule has 28 heavy (non-hydrogen) atoms. The number of hydrogen-bond donors (Lipinski definition) is 1. The minimum atomic E-state index is -2.93. The Hall–Kier alpha value is -2.51. The Morgan fingerprint density at radius 3 is 2.39 bits per heavy atom. The van der Waals surface area contributed by atoms with E-state index in [4.69, 9.17) is 0 Å². The van der Waals surface area contributed by atoms with Gasteiger partial charge in [-0.3, -0.25) is 14.6 Å². The fourth-order valence-corrected chi connectivity index (χ4v) is 3.30. The molecule has 0 atom stereocenters. The number of carbonyl (C=O) groups is 1. The van der Waals surface area contributed by atoms with Crippen LogP contribution in [0, 0.1) is 6.92 Å². The number of rotatable bonds is 7. The Kier molecular flexibility index (Phi) is 6.95. The first-order valence-electron chi connectivity index (χ1n) is 9.34. The molecule has 0 saturated carbocycles. The number of piperazine rings is 1. The van der Waals surface area contributed by atoms with E-state index in [0.29, 0.717) is 0 Å². The summed E-state index contributed by atoms with van der Waals surface area (Å²) in [6.07, 6.45) is 0. The maximum atomic E-state index is 12.5. The predicted octanol–water partition coefficient (Wildman–Crippen LogP) is 3.35. The average Bonchev–Trinajstić information content (AvgIpc) is 2.66. The monoisotopic (exact) mass is 389 g/mol. The molecule has 3 rings (SSSR count). The van der Waals surface area contributed by atoms with Crippen LogP contribution in [0.3, 0.4) is 0 Å². The molecule has 0 aromatic heterocycles. The van der Waals surface area contributed by atoms with Gasteiger partial charge >= 0.3 is 6.61 Å². The van der Waals surface area contributed by atoms with Crippen LogP contribution in [-0.4, -0.2) is 55.0 Å². The van der Waals surface area contributed by atoms with E-state index in [1.807, 2.05) is 6.07 Å². The van der Waals surface area contributed by atoms with E-state index in [-0.39, 0.29) is 23.9 Å². The highest BCUT2D eigenvalue weighted by atomic mass is 19.3. The van der Waals surface area contributed by atoms with Crippen molar-refractivity contribution in [3.8, 4) is 5.75 Å². The number of carbonyl (C=O) groups excluding carboxylic acids is 1. The van der Waals surface area contributed by atoms with E-state index < -0.39 is 6.61 Å². The number of amides is 1. The lowest BCUT2D eigenvalue weighted by Crippen LogP contribution is -2.48. The Labute approximate surface area is 163 Å². The number of nitrogens with one attached hydrogen (secondary N) is 1. The third-order valence-corrected chi connectivity index (χ3v) is 4.86. The third kappa shape index (κ3) is 5.74. The molecule has 1 heterocycles. The smallest absolute Gasteiger partial charge is 0.387 e. The average molecular weight is 389 g/mol. The Balaban J connectivity index is 1.47. The molecule has 150 valence electrons. The number of ether oxygens (including phenoxy) is 1. The fraction of sp³-hybridized carbons (Fsp3) is 0.381. The summed E-state index contributed by atoms with van der Waals surface area (Å²) in [5.74, 6) is -0.272. The summed E-state index contributed by atoms with van der Waals surface area (Å²) in [6.45, 7) is 3.65.